The molecule has 0 saturated heterocycles. The Bertz CT molecular complexity index is 658. The number of aromatic carboxylic acids is 1. The molecular formula is C15H15NO4. The first-order valence-electron chi connectivity index (χ1n) is 6.25. The fraction of sp³-hybridized carbons (Fsp3) is 0.200. The predicted molar refractivity (Wildman–Crippen MR) is 74.4 cm³/mol. The number of carbonyl (C=O) groups is 1. The number of benzene rings is 1. The van der Waals surface area contributed by atoms with Gasteiger partial charge in [-0.15, -0.1) is 0 Å². The molecule has 0 radical (unpaired) electrons. The molecule has 104 valence electrons. The Kier molecular flexibility index (Phi) is 4.20. The molecule has 5 nitrogen and oxygen atoms in total. The highest BCUT2D eigenvalue weighted by molar-refractivity contribution is 5.87. The Labute approximate surface area is 116 Å². The van der Waals surface area contributed by atoms with Gasteiger partial charge >= 0.3 is 5.97 Å². The highest BCUT2D eigenvalue weighted by Gasteiger charge is 2.05. The highest BCUT2D eigenvalue weighted by atomic mass is 16.5. The normalized spacial score (nSPS) is 10.2. The lowest BCUT2D eigenvalue weighted by molar-refractivity contribution is 0.0696. The Morgan fingerprint density at radius 2 is 1.90 bits per heavy atom. The van der Waals surface area contributed by atoms with Gasteiger partial charge in [0.15, 0.2) is 0 Å². The van der Waals surface area contributed by atoms with E-state index in [0.717, 1.165) is 11.3 Å². The first-order valence-corrected chi connectivity index (χ1v) is 6.25. The van der Waals surface area contributed by atoms with Crippen molar-refractivity contribution in [3.05, 3.63) is 64.1 Å². The minimum atomic E-state index is -1.05. The number of rotatable bonds is 5. The smallest absolute Gasteiger partial charge is 0.337 e. The van der Waals surface area contributed by atoms with Crippen LogP contribution in [0.25, 0.3) is 0 Å². The van der Waals surface area contributed by atoms with Gasteiger partial charge in [0.05, 0.1) is 18.7 Å². The molecule has 0 aliphatic heterocycles. The van der Waals surface area contributed by atoms with E-state index in [9.17, 15) is 9.59 Å². The second-order valence-electron chi connectivity index (χ2n) is 4.27. The summed E-state index contributed by atoms with van der Waals surface area (Å²) in [6.07, 6.45) is 1.35. The van der Waals surface area contributed by atoms with Crippen molar-refractivity contribution in [2.45, 2.75) is 13.5 Å². The number of hydrogen-bond donors (Lipinski definition) is 1. The van der Waals surface area contributed by atoms with Gasteiger partial charge < -0.3 is 14.4 Å². The van der Waals surface area contributed by atoms with E-state index < -0.39 is 5.97 Å². The summed E-state index contributed by atoms with van der Waals surface area (Å²) >= 11 is 0. The number of nitrogens with zero attached hydrogens (tertiary/aromatic N) is 1. The van der Waals surface area contributed by atoms with Crippen LogP contribution in [0.1, 0.15) is 22.8 Å². The Balaban J connectivity index is 2.23. The number of hydrogen-bond acceptors (Lipinski definition) is 3. The number of carboxylic acid groups (broad SMARTS) is 1. The van der Waals surface area contributed by atoms with Gasteiger partial charge in [-0.05, 0) is 30.7 Å². The maximum Gasteiger partial charge on any atom is 0.337 e. The average Bonchev–Trinajstić information content (AvgIpc) is 2.43. The van der Waals surface area contributed by atoms with Gasteiger partial charge in [-0.1, -0.05) is 12.1 Å². The van der Waals surface area contributed by atoms with E-state index in [1.54, 1.807) is 0 Å². The third-order valence-electron chi connectivity index (χ3n) is 2.82. The molecule has 20 heavy (non-hydrogen) atoms. The molecule has 0 spiro atoms. The molecule has 1 heterocycles. The van der Waals surface area contributed by atoms with Crippen LogP contribution in [-0.4, -0.2) is 22.2 Å². The van der Waals surface area contributed by atoms with Gasteiger partial charge in [-0.2, -0.15) is 0 Å². The van der Waals surface area contributed by atoms with Crippen molar-refractivity contribution in [1.82, 2.24) is 4.57 Å². The zero-order valence-electron chi connectivity index (χ0n) is 11.1. The lowest BCUT2D eigenvalue weighted by atomic mass is 10.2. The predicted octanol–water partition coefficient (Wildman–Crippen LogP) is 1.99. The standard InChI is InChI=1S/C15H15NO4/c1-2-20-13-6-3-11(4-7-13)9-16-10-12(15(18)19)5-8-14(16)17/h3-8,10H,2,9H2,1H3,(H,18,19). The van der Waals surface area contributed by atoms with Crippen LogP contribution in [-0.2, 0) is 6.54 Å². The molecule has 1 N–H and O–H groups in total. The van der Waals surface area contributed by atoms with Crippen LogP contribution in [0.5, 0.6) is 5.75 Å². The van der Waals surface area contributed by atoms with Crippen molar-refractivity contribution in [1.29, 1.82) is 0 Å². The summed E-state index contributed by atoms with van der Waals surface area (Å²) in [6, 6.07) is 9.92. The topological polar surface area (TPSA) is 68.5 Å². The Morgan fingerprint density at radius 3 is 2.50 bits per heavy atom. The molecule has 2 aromatic rings. The van der Waals surface area contributed by atoms with Crippen molar-refractivity contribution in [3.63, 3.8) is 0 Å². The molecule has 0 aliphatic carbocycles. The number of ether oxygens (including phenoxy) is 1. The summed E-state index contributed by atoms with van der Waals surface area (Å²) in [5.74, 6) is -0.284. The number of carboxylic acids is 1. The molecule has 1 aromatic heterocycles. The number of aromatic nitrogens is 1. The minimum Gasteiger partial charge on any atom is -0.494 e. The first-order chi connectivity index (χ1) is 9.60. The zero-order valence-corrected chi connectivity index (χ0v) is 11.1. The lowest BCUT2D eigenvalue weighted by Crippen LogP contribution is -2.20. The summed E-state index contributed by atoms with van der Waals surface area (Å²) in [6.45, 7) is 2.83. The summed E-state index contributed by atoms with van der Waals surface area (Å²) < 4.78 is 6.71. The number of pyridine rings is 1. The van der Waals surface area contributed by atoms with Crippen LogP contribution in [0.3, 0.4) is 0 Å². The van der Waals surface area contributed by atoms with Gasteiger partial charge in [0.25, 0.3) is 5.56 Å². The van der Waals surface area contributed by atoms with Crippen molar-refractivity contribution < 1.29 is 14.6 Å². The van der Waals surface area contributed by atoms with Crippen molar-refractivity contribution in [2.75, 3.05) is 6.61 Å². The lowest BCUT2D eigenvalue weighted by Gasteiger charge is -2.08. The summed E-state index contributed by atoms with van der Waals surface area (Å²) in [4.78, 5) is 22.6. The van der Waals surface area contributed by atoms with Gasteiger partial charge in [-0.3, -0.25) is 4.79 Å². The summed E-state index contributed by atoms with van der Waals surface area (Å²) in [7, 11) is 0. The van der Waals surface area contributed by atoms with E-state index in [2.05, 4.69) is 0 Å². The molecule has 0 fully saturated rings. The minimum absolute atomic E-state index is 0.0931. The fourth-order valence-corrected chi connectivity index (χ4v) is 1.84. The van der Waals surface area contributed by atoms with Gasteiger partial charge in [0.2, 0.25) is 0 Å². The van der Waals surface area contributed by atoms with Crippen LogP contribution in [0, 0.1) is 0 Å². The maximum atomic E-state index is 11.7. The van der Waals surface area contributed by atoms with Crippen LogP contribution in [0.15, 0.2) is 47.4 Å². The quantitative estimate of drug-likeness (QED) is 0.904. The second kappa shape index (κ2) is 6.06. The molecule has 0 saturated carbocycles. The molecule has 5 heteroatoms. The van der Waals surface area contributed by atoms with Gasteiger partial charge in [0, 0.05) is 12.3 Å². The zero-order chi connectivity index (χ0) is 14.5. The van der Waals surface area contributed by atoms with Gasteiger partial charge in [0.1, 0.15) is 5.75 Å². The molecule has 0 bridgehead atoms. The highest BCUT2D eigenvalue weighted by Crippen LogP contribution is 2.12. The third kappa shape index (κ3) is 3.26. The van der Waals surface area contributed by atoms with E-state index in [1.807, 2.05) is 31.2 Å². The second-order valence-corrected chi connectivity index (χ2v) is 4.27. The van der Waals surface area contributed by atoms with Crippen LogP contribution in [0.4, 0.5) is 0 Å². The van der Waals surface area contributed by atoms with Crippen molar-refractivity contribution in [2.24, 2.45) is 0 Å². The molecule has 0 amide bonds. The summed E-state index contributed by atoms with van der Waals surface area (Å²) in [5.41, 5.74) is 0.762. The molecular weight excluding hydrogens is 258 g/mol. The Hall–Kier alpha value is -2.56. The maximum absolute atomic E-state index is 11.7. The Morgan fingerprint density at radius 1 is 1.20 bits per heavy atom. The van der Waals surface area contributed by atoms with Gasteiger partial charge in [-0.25, -0.2) is 4.79 Å². The molecule has 2 rings (SSSR count). The molecule has 0 aliphatic rings. The first kappa shape index (κ1) is 13.9. The van der Waals surface area contributed by atoms with Crippen LogP contribution in [0.2, 0.25) is 0 Å². The molecule has 0 unspecified atom stereocenters. The van der Waals surface area contributed by atoms with Crippen LogP contribution < -0.4 is 10.3 Å². The van der Waals surface area contributed by atoms with E-state index in [1.165, 1.54) is 22.9 Å². The van der Waals surface area contributed by atoms with Crippen molar-refractivity contribution >= 4 is 5.97 Å². The monoisotopic (exact) mass is 273 g/mol. The van der Waals surface area contributed by atoms with E-state index in [4.69, 9.17) is 9.84 Å². The van der Waals surface area contributed by atoms with E-state index in [-0.39, 0.29) is 11.1 Å². The average molecular weight is 273 g/mol. The molecule has 0 atom stereocenters. The van der Waals surface area contributed by atoms with E-state index >= 15 is 0 Å². The fourth-order valence-electron chi connectivity index (χ4n) is 1.84. The molecule has 1 aromatic carbocycles. The summed E-state index contributed by atoms with van der Waals surface area (Å²) in [5, 5.41) is 8.93. The van der Waals surface area contributed by atoms with Crippen LogP contribution >= 0.6 is 0 Å². The largest absolute Gasteiger partial charge is 0.494 e. The van der Waals surface area contributed by atoms with Crippen molar-refractivity contribution in [3.8, 4) is 5.75 Å². The third-order valence-corrected chi connectivity index (χ3v) is 2.82. The van der Waals surface area contributed by atoms with E-state index in [0.29, 0.717) is 13.2 Å². The SMILES string of the molecule is CCOc1ccc(Cn2cc(C(=O)O)ccc2=O)cc1.